The molecular weight excluding hydrogens is 363 g/mol. The van der Waals surface area contributed by atoms with Gasteiger partial charge in [0.15, 0.2) is 11.5 Å². The predicted octanol–water partition coefficient (Wildman–Crippen LogP) is 1.67. The predicted molar refractivity (Wildman–Crippen MR) is 99.0 cm³/mol. The minimum Gasteiger partial charge on any atom is -0.489 e. The summed E-state index contributed by atoms with van der Waals surface area (Å²) in [5.74, 6) is -0.390. The lowest BCUT2D eigenvalue weighted by molar-refractivity contribution is -0.141. The van der Waals surface area contributed by atoms with Gasteiger partial charge in [0.25, 0.3) is 5.91 Å². The van der Waals surface area contributed by atoms with Gasteiger partial charge in [-0.2, -0.15) is 4.39 Å². The topological polar surface area (TPSA) is 90.0 Å². The van der Waals surface area contributed by atoms with E-state index in [2.05, 4.69) is 9.98 Å². The van der Waals surface area contributed by atoms with E-state index in [0.29, 0.717) is 42.1 Å². The Morgan fingerprint density at radius 1 is 1.36 bits per heavy atom. The first-order valence-electron chi connectivity index (χ1n) is 9.15. The van der Waals surface area contributed by atoms with Gasteiger partial charge in [-0.05, 0) is 29.8 Å². The van der Waals surface area contributed by atoms with Gasteiger partial charge in [-0.15, -0.1) is 0 Å². The summed E-state index contributed by atoms with van der Waals surface area (Å²) >= 11 is 0. The summed E-state index contributed by atoms with van der Waals surface area (Å²) < 4.78 is 26.1. The van der Waals surface area contributed by atoms with Crippen LogP contribution in [0.3, 0.4) is 0 Å². The summed E-state index contributed by atoms with van der Waals surface area (Å²) in [5, 5.41) is 0. The van der Waals surface area contributed by atoms with Crippen LogP contribution in [0.15, 0.2) is 41.5 Å². The van der Waals surface area contributed by atoms with Crippen LogP contribution in [-0.4, -0.2) is 48.1 Å². The number of halogens is 1. The molecule has 2 aromatic rings. The van der Waals surface area contributed by atoms with Crippen molar-refractivity contribution < 1.29 is 18.7 Å². The summed E-state index contributed by atoms with van der Waals surface area (Å²) in [6.07, 6.45) is 1.86. The highest BCUT2D eigenvalue weighted by Gasteiger charge is 2.60. The molecule has 7 nitrogen and oxygen atoms in total. The first-order chi connectivity index (χ1) is 13.5. The molecule has 1 aromatic heterocycles. The van der Waals surface area contributed by atoms with Crippen molar-refractivity contribution in [2.45, 2.75) is 18.1 Å². The number of ether oxygens (including phenoxy) is 2. The molecule has 0 unspecified atom stereocenters. The summed E-state index contributed by atoms with van der Waals surface area (Å²) in [6, 6.07) is 8.60. The molecule has 3 aliphatic rings. The number of carbonyl (C=O) groups excluding carboxylic acids is 1. The van der Waals surface area contributed by atoms with E-state index in [-0.39, 0.29) is 23.9 Å². The molecule has 4 heterocycles. The van der Waals surface area contributed by atoms with Gasteiger partial charge < -0.3 is 15.2 Å². The monoisotopic (exact) mass is 382 g/mol. The van der Waals surface area contributed by atoms with Crippen LogP contribution in [-0.2, 0) is 15.1 Å². The largest absolute Gasteiger partial charge is 0.489 e. The van der Waals surface area contributed by atoms with Crippen LogP contribution in [0.2, 0.25) is 0 Å². The lowest BCUT2D eigenvalue weighted by Crippen LogP contribution is -2.56. The normalized spacial score (nSPS) is 28.6. The lowest BCUT2D eigenvalue weighted by atomic mass is 9.71. The Labute approximate surface area is 161 Å². The number of rotatable bonds is 1. The van der Waals surface area contributed by atoms with Crippen molar-refractivity contribution in [2.75, 3.05) is 20.3 Å². The lowest BCUT2D eigenvalue weighted by Gasteiger charge is -2.45. The number of aliphatic imine (C=N–C) groups is 1. The van der Waals surface area contributed by atoms with Gasteiger partial charge in [0, 0.05) is 30.8 Å². The first-order valence-corrected chi connectivity index (χ1v) is 9.15. The number of likely N-dealkylation sites (N-methyl/N-ethyl adjacent to an activating group) is 1. The number of aromatic nitrogens is 1. The molecule has 1 amide bonds. The van der Waals surface area contributed by atoms with E-state index in [1.54, 1.807) is 37.4 Å². The van der Waals surface area contributed by atoms with Crippen molar-refractivity contribution in [3.05, 3.63) is 48.0 Å². The maximum absolute atomic E-state index is 14.3. The van der Waals surface area contributed by atoms with E-state index >= 15 is 0 Å². The fourth-order valence-electron chi connectivity index (χ4n) is 4.39. The second-order valence-electron chi connectivity index (χ2n) is 7.28. The molecule has 5 rings (SSSR count). The third-order valence-electron chi connectivity index (χ3n) is 5.83. The molecule has 1 fully saturated rings. The number of hydrogen-bond acceptors (Lipinski definition) is 6. The average Bonchev–Trinajstić information content (AvgIpc) is 2.93. The molecule has 3 aliphatic heterocycles. The number of amides is 1. The average molecular weight is 382 g/mol. The SMILES string of the molecule is CN1C(=O)[C@]2(N=C1N)c1cc(-c3cccnc3F)ccc1O[C@@H]1CCOC[C@@H]12. The van der Waals surface area contributed by atoms with Crippen LogP contribution >= 0.6 is 0 Å². The Morgan fingerprint density at radius 2 is 2.21 bits per heavy atom. The molecule has 3 atom stereocenters. The fourth-order valence-corrected chi connectivity index (χ4v) is 4.39. The molecule has 1 aromatic carbocycles. The molecule has 0 aliphatic carbocycles. The standard InChI is InChI=1S/C20H19FN4O3/c1-25-18(26)20(24-19(25)22)13-9-11(12-3-2-7-23-17(12)21)4-5-15(13)28-16-6-8-27-10-14(16)20/h2-5,7,9,14,16H,6,8,10H2,1H3,(H2,22,24)/t14-,16+,20-/m0/s1. The zero-order valence-electron chi connectivity index (χ0n) is 15.3. The number of fused-ring (bicyclic) bond motifs is 4. The third kappa shape index (κ3) is 2.21. The number of carbonyl (C=O) groups is 1. The quantitative estimate of drug-likeness (QED) is 0.758. The van der Waals surface area contributed by atoms with Crippen molar-refractivity contribution in [2.24, 2.45) is 16.6 Å². The minimum atomic E-state index is -1.23. The highest BCUT2D eigenvalue weighted by Crippen LogP contribution is 2.51. The molecular formula is C20H19FN4O3. The number of pyridine rings is 1. The summed E-state index contributed by atoms with van der Waals surface area (Å²) in [5.41, 5.74) is 6.32. The van der Waals surface area contributed by atoms with Crippen LogP contribution < -0.4 is 10.5 Å². The van der Waals surface area contributed by atoms with Gasteiger partial charge in [0.05, 0.1) is 19.1 Å². The molecule has 2 N–H and O–H groups in total. The highest BCUT2D eigenvalue weighted by atomic mass is 19.1. The smallest absolute Gasteiger partial charge is 0.262 e. The Hall–Kier alpha value is -3.00. The van der Waals surface area contributed by atoms with Gasteiger partial charge in [-0.25, -0.2) is 9.98 Å². The molecule has 1 saturated heterocycles. The van der Waals surface area contributed by atoms with Crippen LogP contribution in [0, 0.1) is 11.9 Å². The summed E-state index contributed by atoms with van der Waals surface area (Å²) in [7, 11) is 1.61. The van der Waals surface area contributed by atoms with Crippen LogP contribution in [0.1, 0.15) is 12.0 Å². The number of guanidine groups is 1. The van der Waals surface area contributed by atoms with Crippen LogP contribution in [0.25, 0.3) is 11.1 Å². The van der Waals surface area contributed by atoms with E-state index in [9.17, 15) is 9.18 Å². The molecule has 28 heavy (non-hydrogen) atoms. The number of hydrogen-bond donors (Lipinski definition) is 1. The van der Waals surface area contributed by atoms with E-state index in [1.165, 1.54) is 11.1 Å². The van der Waals surface area contributed by atoms with Gasteiger partial charge in [0.2, 0.25) is 5.95 Å². The van der Waals surface area contributed by atoms with Crippen LogP contribution in [0.4, 0.5) is 4.39 Å². The van der Waals surface area contributed by atoms with Crippen LogP contribution in [0.5, 0.6) is 5.75 Å². The number of nitrogens with two attached hydrogens (primary N) is 1. The second-order valence-corrected chi connectivity index (χ2v) is 7.28. The van der Waals surface area contributed by atoms with Crippen molar-refractivity contribution in [3.63, 3.8) is 0 Å². The zero-order chi connectivity index (χ0) is 19.5. The van der Waals surface area contributed by atoms with E-state index < -0.39 is 11.5 Å². The van der Waals surface area contributed by atoms with E-state index in [1.807, 2.05) is 0 Å². The fraction of sp³-hybridized carbons (Fsp3) is 0.350. The molecule has 0 saturated carbocycles. The number of nitrogens with zero attached hydrogens (tertiary/aromatic N) is 3. The van der Waals surface area contributed by atoms with Gasteiger partial charge >= 0.3 is 0 Å². The molecule has 0 bridgehead atoms. The van der Waals surface area contributed by atoms with E-state index in [0.717, 1.165) is 0 Å². The Bertz CT molecular complexity index is 1010. The third-order valence-corrected chi connectivity index (χ3v) is 5.83. The first kappa shape index (κ1) is 17.1. The van der Waals surface area contributed by atoms with Crippen molar-refractivity contribution in [1.29, 1.82) is 0 Å². The second kappa shape index (κ2) is 6.00. The number of benzene rings is 1. The van der Waals surface area contributed by atoms with Crippen molar-refractivity contribution in [3.8, 4) is 16.9 Å². The van der Waals surface area contributed by atoms with Gasteiger partial charge in [0.1, 0.15) is 11.9 Å². The van der Waals surface area contributed by atoms with Crippen molar-refractivity contribution >= 4 is 11.9 Å². The van der Waals surface area contributed by atoms with Gasteiger partial charge in [-0.3, -0.25) is 9.69 Å². The molecule has 1 spiro atoms. The highest BCUT2D eigenvalue weighted by molar-refractivity contribution is 6.07. The minimum absolute atomic E-state index is 0.153. The Kier molecular flexibility index (Phi) is 3.67. The summed E-state index contributed by atoms with van der Waals surface area (Å²) in [6.45, 7) is 0.904. The zero-order valence-corrected chi connectivity index (χ0v) is 15.3. The van der Waals surface area contributed by atoms with Crippen molar-refractivity contribution in [1.82, 2.24) is 9.88 Å². The van der Waals surface area contributed by atoms with E-state index in [4.69, 9.17) is 15.2 Å². The maximum Gasteiger partial charge on any atom is 0.262 e. The summed E-state index contributed by atoms with van der Waals surface area (Å²) in [4.78, 5) is 23.1. The Morgan fingerprint density at radius 3 is 2.96 bits per heavy atom. The molecule has 144 valence electrons. The maximum atomic E-state index is 14.3. The molecule has 0 radical (unpaired) electrons. The molecule has 8 heteroatoms. The Balaban J connectivity index is 1.74. The van der Waals surface area contributed by atoms with Gasteiger partial charge in [-0.1, -0.05) is 6.07 Å².